The summed E-state index contributed by atoms with van der Waals surface area (Å²) in [6.07, 6.45) is 0. The third kappa shape index (κ3) is 3.77. The van der Waals surface area contributed by atoms with Crippen LogP contribution in [0, 0.1) is 0 Å². The number of rotatable bonds is 0. The Morgan fingerprint density at radius 1 is 0.333 bits per heavy atom. The van der Waals surface area contributed by atoms with Gasteiger partial charge in [0.05, 0.1) is 0 Å². The summed E-state index contributed by atoms with van der Waals surface area (Å²) in [4.78, 5) is 36.8. The van der Waals surface area contributed by atoms with E-state index >= 15 is 0 Å². The Morgan fingerprint density at radius 2 is 0.571 bits per heavy atom. The van der Waals surface area contributed by atoms with E-state index in [0.29, 0.717) is 45.9 Å². The van der Waals surface area contributed by atoms with Gasteiger partial charge < -0.3 is 16.1 Å². The maximum Gasteiger partial charge on any atom is 0.164 e. The number of benzene rings is 4. The molecular formula is C32H21N9Zn. The molecule has 5 N–H and O–H groups in total. The first kappa shape index (κ1) is 25.8. The van der Waals surface area contributed by atoms with E-state index in [1.807, 2.05) is 97.1 Å². The van der Waals surface area contributed by atoms with Crippen LogP contribution in [0.2, 0.25) is 0 Å². The summed E-state index contributed by atoms with van der Waals surface area (Å²) >= 11 is 0. The molecule has 4 aromatic carbocycles. The van der Waals surface area contributed by atoms with Gasteiger partial charge in [0.2, 0.25) is 0 Å². The van der Waals surface area contributed by atoms with Crippen LogP contribution in [0.3, 0.4) is 0 Å². The van der Waals surface area contributed by atoms with E-state index in [-0.39, 0.29) is 25.6 Å². The molecule has 9 nitrogen and oxygen atoms in total. The maximum atomic E-state index is 5.02. The first-order valence-electron chi connectivity index (χ1n) is 13.0. The van der Waals surface area contributed by atoms with Gasteiger partial charge in [0.1, 0.15) is 22.6 Å². The number of fused-ring (bicyclic) bond motifs is 20. The molecule has 0 amide bonds. The fraction of sp³-hybridized carbons (Fsp3) is 0. The fourth-order valence-electron chi connectivity index (χ4n) is 5.59. The van der Waals surface area contributed by atoms with Gasteiger partial charge in [0.15, 0.2) is 23.3 Å². The molecule has 2 aliphatic rings. The summed E-state index contributed by atoms with van der Waals surface area (Å²) in [5, 5.41) is 3.82. The van der Waals surface area contributed by atoms with Crippen LogP contribution in [0.25, 0.3) is 89.7 Å². The van der Waals surface area contributed by atoms with Crippen molar-refractivity contribution in [3.05, 3.63) is 97.1 Å². The third-order valence-corrected chi connectivity index (χ3v) is 7.46. The van der Waals surface area contributed by atoms with E-state index in [1.54, 1.807) is 0 Å². The van der Waals surface area contributed by atoms with Gasteiger partial charge in [-0.2, -0.15) is 0 Å². The van der Waals surface area contributed by atoms with E-state index in [2.05, 4.69) is 9.97 Å². The number of nitrogens with zero attached hydrogens (tertiary/aromatic N) is 6. The molecule has 0 aliphatic carbocycles. The van der Waals surface area contributed by atoms with Crippen molar-refractivity contribution in [3.8, 4) is 45.6 Å². The molecule has 10 heteroatoms. The Morgan fingerprint density at radius 3 is 0.833 bits per heavy atom. The Balaban J connectivity index is 0.00000144. The minimum atomic E-state index is 0. The van der Waals surface area contributed by atoms with Gasteiger partial charge in [0.25, 0.3) is 0 Å². The minimum Gasteiger partial charge on any atom is -0.344 e. The van der Waals surface area contributed by atoms with Crippen LogP contribution in [-0.4, -0.2) is 39.9 Å². The predicted molar refractivity (Wildman–Crippen MR) is 161 cm³/mol. The molecule has 0 unspecified atom stereocenters. The van der Waals surface area contributed by atoms with Crippen LogP contribution >= 0.6 is 0 Å². The van der Waals surface area contributed by atoms with Crippen LogP contribution in [0.5, 0.6) is 0 Å². The van der Waals surface area contributed by atoms with E-state index in [1.165, 1.54) is 0 Å². The quantitative estimate of drug-likeness (QED) is 0.159. The smallest absolute Gasteiger partial charge is 0.164 e. The molecule has 0 atom stereocenters. The fourth-order valence-corrected chi connectivity index (χ4v) is 5.59. The van der Waals surface area contributed by atoms with Gasteiger partial charge in [0, 0.05) is 63.3 Å². The average Bonchev–Trinajstić information content (AvgIpc) is 3.73. The molecule has 0 saturated heterocycles. The van der Waals surface area contributed by atoms with Crippen LogP contribution in [0.15, 0.2) is 97.1 Å². The molecule has 9 rings (SSSR count). The molecule has 2 aliphatic heterocycles. The molecule has 0 saturated carbocycles. The summed E-state index contributed by atoms with van der Waals surface area (Å²) in [7, 11) is 0. The third-order valence-electron chi connectivity index (χ3n) is 7.46. The minimum absolute atomic E-state index is 0. The topological polar surface area (TPSA) is 144 Å². The van der Waals surface area contributed by atoms with Gasteiger partial charge in [-0.3, -0.25) is 0 Å². The number of nitrogens with one attached hydrogen (secondary N) is 2. The van der Waals surface area contributed by atoms with Crippen LogP contribution < -0.4 is 6.15 Å². The van der Waals surface area contributed by atoms with Gasteiger partial charge >= 0.3 is 0 Å². The Labute approximate surface area is 251 Å². The van der Waals surface area contributed by atoms with E-state index < -0.39 is 0 Å². The summed E-state index contributed by atoms with van der Waals surface area (Å²) in [6.45, 7) is 0. The number of H-pyrrole nitrogens is 2. The number of hydrogen-bond acceptors (Lipinski definition) is 7. The molecule has 42 heavy (non-hydrogen) atoms. The second-order valence-electron chi connectivity index (χ2n) is 9.79. The van der Waals surface area contributed by atoms with Crippen LogP contribution in [0.1, 0.15) is 0 Å². The first-order chi connectivity index (χ1) is 19.8. The van der Waals surface area contributed by atoms with Crippen LogP contribution in [0.4, 0.5) is 0 Å². The number of aromatic nitrogens is 8. The van der Waals surface area contributed by atoms with E-state index in [9.17, 15) is 0 Å². The van der Waals surface area contributed by atoms with Crippen molar-refractivity contribution in [2.45, 2.75) is 0 Å². The normalized spacial score (nSPS) is 11.4. The molecule has 0 spiro atoms. The van der Waals surface area contributed by atoms with Gasteiger partial charge in [-0.1, -0.05) is 97.1 Å². The molecule has 0 radical (unpaired) electrons. The Kier molecular flexibility index (Phi) is 5.97. The van der Waals surface area contributed by atoms with Crippen molar-refractivity contribution in [1.29, 1.82) is 0 Å². The zero-order valence-corrected chi connectivity index (χ0v) is 25.3. The molecule has 5 heterocycles. The van der Waals surface area contributed by atoms with Crippen molar-refractivity contribution in [3.63, 3.8) is 0 Å². The van der Waals surface area contributed by atoms with Gasteiger partial charge in [-0.25, -0.2) is 29.9 Å². The zero-order chi connectivity index (χ0) is 26.2. The summed E-state index contributed by atoms with van der Waals surface area (Å²) < 4.78 is 0. The number of hydrogen-bond donors (Lipinski definition) is 3. The van der Waals surface area contributed by atoms with Crippen LogP contribution in [-0.2, 0) is 19.5 Å². The summed E-state index contributed by atoms with van der Waals surface area (Å²) in [5.74, 6) is 2.39. The van der Waals surface area contributed by atoms with Gasteiger partial charge in [-0.05, 0) is 0 Å². The Bertz CT molecular complexity index is 2040. The molecule has 0 fully saturated rings. The summed E-state index contributed by atoms with van der Waals surface area (Å²) in [6, 6.07) is 32.2. The van der Waals surface area contributed by atoms with Gasteiger partial charge in [-0.15, -0.1) is 0 Å². The SMILES string of the molecule is N.[Zn].c1ccc2c(c1)-c1nc-2nc2[nH]c(nc3nc(nc4[nH]c(n1)c1ccccc41)-c1ccccc1-3)c1ccccc21. The standard InChI is InChI=1S/C32H18N8.H3N.Zn/c1-2-10-18-17(9-1)25-33-26(18)38-28-21-13-5-6-14-22(21)30(35-28)40-32-24-16-8-7-15-23(24)31(36-32)39-29-20-12-4-3-11-19(20)27(34-29)37-25;;/h1-16H,(H2,33,34,35,36,37,38,39,40);1H3;. The molecule has 7 aromatic rings. The molecular weight excluding hydrogens is 576 g/mol. The largest absolute Gasteiger partial charge is 0.344 e. The van der Waals surface area contributed by atoms with Crippen molar-refractivity contribution in [2.75, 3.05) is 0 Å². The molecule has 8 bridgehead atoms. The van der Waals surface area contributed by atoms with Crippen molar-refractivity contribution < 1.29 is 19.5 Å². The Hall–Kier alpha value is -5.18. The first-order valence-corrected chi connectivity index (χ1v) is 13.0. The number of aromatic amines is 2. The zero-order valence-electron chi connectivity index (χ0n) is 22.3. The van der Waals surface area contributed by atoms with Crippen molar-refractivity contribution >= 4 is 44.1 Å². The van der Waals surface area contributed by atoms with Crippen molar-refractivity contribution in [2.24, 2.45) is 0 Å². The van der Waals surface area contributed by atoms with E-state index in [4.69, 9.17) is 29.9 Å². The second-order valence-corrected chi connectivity index (χ2v) is 9.79. The van der Waals surface area contributed by atoms with E-state index in [0.717, 1.165) is 43.8 Å². The second kappa shape index (κ2) is 9.73. The summed E-state index contributed by atoms with van der Waals surface area (Å²) in [5.41, 5.74) is 6.45. The average molecular weight is 597 g/mol. The maximum absolute atomic E-state index is 5.02. The molecule has 196 valence electrons. The molecule has 3 aromatic heterocycles. The van der Waals surface area contributed by atoms with Crippen molar-refractivity contribution in [1.82, 2.24) is 46.0 Å². The predicted octanol–water partition coefficient (Wildman–Crippen LogP) is 7.03. The monoisotopic (exact) mass is 595 g/mol.